The van der Waals surface area contributed by atoms with E-state index in [0.717, 1.165) is 0 Å². The van der Waals surface area contributed by atoms with E-state index >= 15 is 0 Å². The smallest absolute Gasteiger partial charge is 0.151 e. The van der Waals surface area contributed by atoms with Gasteiger partial charge in [0, 0.05) is 7.05 Å². The monoisotopic (exact) mass is 296 g/mol. The number of rotatable bonds is 3. The van der Waals surface area contributed by atoms with Gasteiger partial charge in [-0.2, -0.15) is 5.26 Å². The van der Waals surface area contributed by atoms with Gasteiger partial charge in [-0.25, -0.2) is 19.3 Å². The maximum atomic E-state index is 13.8. The van der Waals surface area contributed by atoms with Crippen molar-refractivity contribution in [1.82, 2.24) is 19.5 Å². The van der Waals surface area contributed by atoms with Crippen molar-refractivity contribution in [2.24, 2.45) is 7.05 Å². The van der Waals surface area contributed by atoms with E-state index in [9.17, 15) is 4.39 Å². The van der Waals surface area contributed by atoms with Crippen LogP contribution in [0.1, 0.15) is 24.4 Å². The number of hydrogen-bond donors (Lipinski definition) is 1. The summed E-state index contributed by atoms with van der Waals surface area (Å²) in [5.74, 6) is 0.728. The maximum absolute atomic E-state index is 13.8. The number of aryl methyl sites for hydroxylation is 1. The van der Waals surface area contributed by atoms with Gasteiger partial charge in [0.05, 0.1) is 17.8 Å². The second-order valence-corrected chi connectivity index (χ2v) is 4.90. The minimum Gasteiger partial charge on any atom is -0.359 e. The molecular formula is C15H13FN6. The molecule has 1 aromatic carbocycles. The molecule has 0 aliphatic carbocycles. The summed E-state index contributed by atoms with van der Waals surface area (Å²) in [6, 6.07) is 6.63. The Hall–Kier alpha value is -3.01. The van der Waals surface area contributed by atoms with Gasteiger partial charge in [0.25, 0.3) is 0 Å². The lowest BCUT2D eigenvalue weighted by Crippen LogP contribution is -2.14. The lowest BCUT2D eigenvalue weighted by Gasteiger charge is -2.14. The molecule has 0 saturated carbocycles. The molecule has 3 aromatic rings. The van der Waals surface area contributed by atoms with Crippen LogP contribution in [0.2, 0.25) is 0 Å². The van der Waals surface area contributed by atoms with Crippen LogP contribution >= 0.6 is 0 Å². The predicted molar refractivity (Wildman–Crippen MR) is 79.5 cm³/mol. The second-order valence-electron chi connectivity index (χ2n) is 4.90. The number of imidazole rings is 1. The first-order valence-corrected chi connectivity index (χ1v) is 6.69. The maximum Gasteiger partial charge on any atom is 0.151 e. The molecule has 3 rings (SSSR count). The average molecular weight is 296 g/mol. The van der Waals surface area contributed by atoms with E-state index in [-0.39, 0.29) is 11.9 Å². The van der Waals surface area contributed by atoms with Crippen molar-refractivity contribution >= 4 is 16.9 Å². The highest BCUT2D eigenvalue weighted by Crippen LogP contribution is 2.24. The highest BCUT2D eigenvalue weighted by molar-refractivity contribution is 5.76. The van der Waals surface area contributed by atoms with E-state index < -0.39 is 0 Å². The molecular weight excluding hydrogens is 283 g/mol. The fourth-order valence-electron chi connectivity index (χ4n) is 2.38. The molecule has 0 radical (unpaired) electrons. The van der Waals surface area contributed by atoms with Gasteiger partial charge in [0.15, 0.2) is 5.82 Å². The van der Waals surface area contributed by atoms with Crippen LogP contribution in [0.25, 0.3) is 11.0 Å². The number of hydrogen-bond acceptors (Lipinski definition) is 5. The second kappa shape index (κ2) is 5.41. The molecule has 110 valence electrons. The molecule has 1 N–H and O–H groups in total. The molecule has 0 amide bonds. The number of nitriles is 1. The molecule has 0 aliphatic heterocycles. The summed E-state index contributed by atoms with van der Waals surface area (Å²) in [7, 11) is 1.83. The molecule has 22 heavy (non-hydrogen) atoms. The zero-order valence-corrected chi connectivity index (χ0v) is 12.1. The molecule has 0 unspecified atom stereocenters. The summed E-state index contributed by atoms with van der Waals surface area (Å²) in [6.45, 7) is 1.88. The number of fused-ring (bicyclic) bond motifs is 1. The zero-order valence-electron chi connectivity index (χ0n) is 12.1. The SMILES string of the molecule is C[C@H](Nc1ncncc1C#N)c1nc2c(F)cccc2n1C. The number of anilines is 1. The summed E-state index contributed by atoms with van der Waals surface area (Å²) in [5.41, 5.74) is 1.39. The molecule has 0 bridgehead atoms. The molecule has 0 aliphatic rings. The fraction of sp³-hybridized carbons (Fsp3) is 0.200. The van der Waals surface area contributed by atoms with Crippen LogP contribution in [-0.4, -0.2) is 19.5 Å². The molecule has 0 spiro atoms. The highest BCUT2D eigenvalue weighted by atomic mass is 19.1. The zero-order chi connectivity index (χ0) is 15.7. The van der Waals surface area contributed by atoms with E-state index in [4.69, 9.17) is 5.26 Å². The van der Waals surface area contributed by atoms with Crippen molar-refractivity contribution in [3.05, 3.63) is 47.9 Å². The van der Waals surface area contributed by atoms with E-state index in [1.807, 2.05) is 30.7 Å². The Labute approximate surface area is 126 Å². The van der Waals surface area contributed by atoms with E-state index in [2.05, 4.69) is 20.3 Å². The summed E-state index contributed by atoms with van der Waals surface area (Å²) in [6.07, 6.45) is 2.81. The van der Waals surface area contributed by atoms with Crippen LogP contribution in [0.4, 0.5) is 10.2 Å². The first kappa shape index (κ1) is 13.9. The third-order valence-electron chi connectivity index (χ3n) is 3.47. The Morgan fingerprint density at radius 3 is 2.95 bits per heavy atom. The molecule has 2 heterocycles. The van der Waals surface area contributed by atoms with Gasteiger partial charge >= 0.3 is 0 Å². The van der Waals surface area contributed by atoms with Gasteiger partial charge in [-0.3, -0.25) is 0 Å². The van der Waals surface area contributed by atoms with Crippen molar-refractivity contribution < 1.29 is 4.39 Å². The number of nitrogens with zero attached hydrogens (tertiary/aromatic N) is 5. The van der Waals surface area contributed by atoms with Gasteiger partial charge in [0.2, 0.25) is 0 Å². The van der Waals surface area contributed by atoms with Crippen LogP contribution in [0.3, 0.4) is 0 Å². The lowest BCUT2D eigenvalue weighted by atomic mass is 10.2. The first-order chi connectivity index (χ1) is 10.6. The van der Waals surface area contributed by atoms with Crippen molar-refractivity contribution in [2.75, 3.05) is 5.32 Å². The van der Waals surface area contributed by atoms with Gasteiger partial charge in [-0.1, -0.05) is 6.07 Å². The van der Waals surface area contributed by atoms with Crippen molar-refractivity contribution in [3.63, 3.8) is 0 Å². The molecule has 6 nitrogen and oxygen atoms in total. The van der Waals surface area contributed by atoms with E-state index in [1.54, 1.807) is 6.07 Å². The van der Waals surface area contributed by atoms with E-state index in [1.165, 1.54) is 18.6 Å². The lowest BCUT2D eigenvalue weighted by molar-refractivity contribution is 0.636. The quantitative estimate of drug-likeness (QED) is 0.803. The van der Waals surface area contributed by atoms with Crippen molar-refractivity contribution in [2.45, 2.75) is 13.0 Å². The molecule has 0 saturated heterocycles. The topological polar surface area (TPSA) is 79.4 Å². The first-order valence-electron chi connectivity index (χ1n) is 6.69. The van der Waals surface area contributed by atoms with Crippen LogP contribution in [0.5, 0.6) is 0 Å². The summed E-state index contributed by atoms with van der Waals surface area (Å²) >= 11 is 0. The minimum atomic E-state index is -0.355. The molecule has 2 aromatic heterocycles. The minimum absolute atomic E-state index is 0.251. The standard InChI is InChI=1S/C15H13FN6/c1-9(20-14-10(6-17)7-18-8-19-14)15-21-13-11(16)4-3-5-12(13)22(15)2/h3-5,7-9H,1-2H3,(H,18,19,20)/t9-/m0/s1. The summed E-state index contributed by atoms with van der Waals surface area (Å²) < 4.78 is 15.7. The summed E-state index contributed by atoms with van der Waals surface area (Å²) in [5, 5.41) is 12.2. The Balaban J connectivity index is 1.99. The van der Waals surface area contributed by atoms with Crippen LogP contribution < -0.4 is 5.32 Å². The number of para-hydroxylation sites is 1. The summed E-state index contributed by atoms with van der Waals surface area (Å²) in [4.78, 5) is 12.2. The Morgan fingerprint density at radius 1 is 1.41 bits per heavy atom. The van der Waals surface area contributed by atoms with Crippen molar-refractivity contribution in [3.8, 4) is 6.07 Å². The van der Waals surface area contributed by atoms with Gasteiger partial charge in [0.1, 0.15) is 35.1 Å². The van der Waals surface area contributed by atoms with Crippen LogP contribution in [-0.2, 0) is 7.05 Å². The third kappa shape index (κ3) is 2.24. The molecule has 7 heteroatoms. The molecule has 1 atom stereocenters. The number of halogens is 1. The number of nitrogens with one attached hydrogen (secondary N) is 1. The van der Waals surface area contributed by atoms with E-state index in [0.29, 0.717) is 28.2 Å². The van der Waals surface area contributed by atoms with Gasteiger partial charge < -0.3 is 9.88 Å². The van der Waals surface area contributed by atoms with Crippen LogP contribution in [0, 0.1) is 17.1 Å². The highest BCUT2D eigenvalue weighted by Gasteiger charge is 2.17. The predicted octanol–water partition coefficient (Wildman–Crippen LogP) is 2.55. The number of aromatic nitrogens is 4. The van der Waals surface area contributed by atoms with Gasteiger partial charge in [-0.15, -0.1) is 0 Å². The fourth-order valence-corrected chi connectivity index (χ4v) is 2.38. The normalized spacial score (nSPS) is 12.1. The Morgan fingerprint density at radius 2 is 2.23 bits per heavy atom. The average Bonchev–Trinajstić information content (AvgIpc) is 2.87. The third-order valence-corrected chi connectivity index (χ3v) is 3.47. The Bertz CT molecular complexity index is 879. The van der Waals surface area contributed by atoms with Crippen LogP contribution in [0.15, 0.2) is 30.7 Å². The molecule has 0 fully saturated rings. The number of benzene rings is 1. The van der Waals surface area contributed by atoms with Crippen molar-refractivity contribution in [1.29, 1.82) is 5.26 Å². The van der Waals surface area contributed by atoms with Gasteiger partial charge in [-0.05, 0) is 19.1 Å². The largest absolute Gasteiger partial charge is 0.359 e. The Kier molecular flexibility index (Phi) is 3.43.